The molecule has 0 spiro atoms. The van der Waals surface area contributed by atoms with Crippen LogP contribution in [0.5, 0.6) is 0 Å². The molecule has 2 N–H and O–H groups in total. The van der Waals surface area contributed by atoms with Crippen molar-refractivity contribution in [3.63, 3.8) is 0 Å². The molecular weight excluding hydrogens is 182 g/mol. The van der Waals surface area contributed by atoms with Gasteiger partial charge in [0.15, 0.2) is 5.82 Å². The predicted molar refractivity (Wildman–Crippen MR) is 50.4 cm³/mol. The molecule has 0 fully saturated rings. The Balaban J connectivity index is 2.06. The molecule has 0 aromatic carbocycles. The van der Waals surface area contributed by atoms with E-state index in [2.05, 4.69) is 32.9 Å². The van der Waals surface area contributed by atoms with Crippen molar-refractivity contribution in [1.82, 2.24) is 25.9 Å². The topological polar surface area (TPSA) is 83.6 Å². The van der Waals surface area contributed by atoms with Gasteiger partial charge in [-0.2, -0.15) is 5.21 Å². The molecule has 0 radical (unpaired) electrons. The first-order chi connectivity index (χ1) is 6.83. The number of tetrazole rings is 1. The van der Waals surface area contributed by atoms with Gasteiger partial charge in [-0.05, 0) is 6.42 Å². The van der Waals surface area contributed by atoms with E-state index < -0.39 is 0 Å². The van der Waals surface area contributed by atoms with E-state index in [4.69, 9.17) is 0 Å². The quantitative estimate of drug-likeness (QED) is 0.675. The van der Waals surface area contributed by atoms with Crippen molar-refractivity contribution in [2.75, 3.05) is 6.54 Å². The Morgan fingerprint density at radius 1 is 1.57 bits per heavy atom. The van der Waals surface area contributed by atoms with E-state index in [1.807, 2.05) is 0 Å². The van der Waals surface area contributed by atoms with E-state index >= 15 is 0 Å². The van der Waals surface area contributed by atoms with Crippen molar-refractivity contribution in [2.45, 2.75) is 32.6 Å². The summed E-state index contributed by atoms with van der Waals surface area (Å²) in [4.78, 5) is 11.2. The van der Waals surface area contributed by atoms with Crippen LogP contribution in [0.1, 0.15) is 32.0 Å². The summed E-state index contributed by atoms with van der Waals surface area (Å²) in [6.07, 6.45) is 3.20. The van der Waals surface area contributed by atoms with Crippen molar-refractivity contribution < 1.29 is 4.79 Å². The minimum atomic E-state index is 0.0929. The molecule has 1 amide bonds. The summed E-state index contributed by atoms with van der Waals surface area (Å²) in [5.74, 6) is 0.719. The fraction of sp³-hybridized carbons (Fsp3) is 0.750. The number of rotatable bonds is 6. The predicted octanol–water partition coefficient (Wildman–Crippen LogP) is 0.0486. The first kappa shape index (κ1) is 10.6. The number of hydrogen-bond donors (Lipinski definition) is 2. The fourth-order valence-electron chi connectivity index (χ4n) is 1.03. The molecule has 0 saturated carbocycles. The zero-order chi connectivity index (χ0) is 10.2. The van der Waals surface area contributed by atoms with Gasteiger partial charge >= 0.3 is 0 Å². The zero-order valence-corrected chi connectivity index (χ0v) is 8.29. The smallest absolute Gasteiger partial charge is 0.220 e. The van der Waals surface area contributed by atoms with Crippen LogP contribution in [0.2, 0.25) is 0 Å². The Labute approximate surface area is 82.5 Å². The number of hydrogen-bond acceptors (Lipinski definition) is 4. The second-order valence-corrected chi connectivity index (χ2v) is 3.03. The van der Waals surface area contributed by atoms with Crippen LogP contribution in [0.15, 0.2) is 0 Å². The molecule has 0 unspecified atom stereocenters. The van der Waals surface area contributed by atoms with Gasteiger partial charge in [0.25, 0.3) is 0 Å². The summed E-state index contributed by atoms with van der Waals surface area (Å²) in [6, 6.07) is 0. The van der Waals surface area contributed by atoms with E-state index in [0.29, 0.717) is 25.2 Å². The molecule has 0 bridgehead atoms. The van der Waals surface area contributed by atoms with Gasteiger partial charge < -0.3 is 5.32 Å². The second kappa shape index (κ2) is 6.06. The third-order valence-electron chi connectivity index (χ3n) is 1.82. The zero-order valence-electron chi connectivity index (χ0n) is 8.29. The largest absolute Gasteiger partial charge is 0.356 e. The molecule has 1 aromatic rings. The van der Waals surface area contributed by atoms with Crippen LogP contribution in [-0.2, 0) is 11.2 Å². The maximum Gasteiger partial charge on any atom is 0.220 e. The molecule has 14 heavy (non-hydrogen) atoms. The molecule has 78 valence electrons. The number of aromatic amines is 1. The maximum absolute atomic E-state index is 11.2. The van der Waals surface area contributed by atoms with E-state index in [0.717, 1.165) is 12.8 Å². The highest BCUT2D eigenvalue weighted by Gasteiger charge is 2.01. The van der Waals surface area contributed by atoms with Crippen LogP contribution in [0.3, 0.4) is 0 Å². The molecule has 1 rings (SSSR count). The van der Waals surface area contributed by atoms with Crippen molar-refractivity contribution >= 4 is 5.91 Å². The Hall–Kier alpha value is -1.46. The van der Waals surface area contributed by atoms with Gasteiger partial charge in [0.05, 0.1) is 0 Å². The number of unbranched alkanes of at least 4 members (excludes halogenated alkanes) is 1. The molecule has 0 aliphatic rings. The number of nitrogens with one attached hydrogen (secondary N) is 2. The highest BCUT2D eigenvalue weighted by molar-refractivity contribution is 5.75. The van der Waals surface area contributed by atoms with Crippen LogP contribution in [0, 0.1) is 0 Å². The summed E-state index contributed by atoms with van der Waals surface area (Å²) in [6.45, 7) is 2.63. The monoisotopic (exact) mass is 197 g/mol. The lowest BCUT2D eigenvalue weighted by molar-refractivity contribution is -0.121. The summed E-state index contributed by atoms with van der Waals surface area (Å²) in [5.41, 5.74) is 0. The van der Waals surface area contributed by atoms with Gasteiger partial charge in [-0.3, -0.25) is 4.79 Å². The average Bonchev–Trinajstić information content (AvgIpc) is 2.67. The van der Waals surface area contributed by atoms with Crippen LogP contribution < -0.4 is 5.32 Å². The minimum absolute atomic E-state index is 0.0929. The summed E-state index contributed by atoms with van der Waals surface area (Å²) in [7, 11) is 0. The lowest BCUT2D eigenvalue weighted by Crippen LogP contribution is -2.25. The van der Waals surface area contributed by atoms with Gasteiger partial charge in [-0.25, -0.2) is 0 Å². The standard InChI is InChI=1S/C8H15N5O/c1-2-3-4-8(14)9-6-5-7-10-12-13-11-7/h2-6H2,1H3,(H,9,14)(H,10,11,12,13). The molecule has 6 nitrogen and oxygen atoms in total. The SMILES string of the molecule is CCCCC(=O)NCCc1nn[nH]n1. The second-order valence-electron chi connectivity index (χ2n) is 3.03. The number of aromatic nitrogens is 4. The summed E-state index contributed by atoms with van der Waals surface area (Å²) < 4.78 is 0. The maximum atomic E-state index is 11.2. The Morgan fingerprint density at radius 3 is 3.07 bits per heavy atom. The van der Waals surface area contributed by atoms with Crippen molar-refractivity contribution in [3.05, 3.63) is 5.82 Å². The summed E-state index contributed by atoms with van der Waals surface area (Å²) >= 11 is 0. The van der Waals surface area contributed by atoms with Gasteiger partial charge in [0.2, 0.25) is 5.91 Å². The van der Waals surface area contributed by atoms with Crippen molar-refractivity contribution in [3.8, 4) is 0 Å². The van der Waals surface area contributed by atoms with E-state index in [9.17, 15) is 4.79 Å². The molecular formula is C8H15N5O. The van der Waals surface area contributed by atoms with E-state index in [1.165, 1.54) is 0 Å². The van der Waals surface area contributed by atoms with Crippen LogP contribution in [0.4, 0.5) is 0 Å². The normalized spacial score (nSPS) is 10.1. The van der Waals surface area contributed by atoms with Crippen molar-refractivity contribution in [2.24, 2.45) is 0 Å². The third kappa shape index (κ3) is 3.97. The third-order valence-corrected chi connectivity index (χ3v) is 1.82. The van der Waals surface area contributed by atoms with Gasteiger partial charge in [-0.1, -0.05) is 18.6 Å². The first-order valence-corrected chi connectivity index (χ1v) is 4.82. The average molecular weight is 197 g/mol. The summed E-state index contributed by atoms with van der Waals surface area (Å²) in [5, 5.41) is 16.1. The van der Waals surface area contributed by atoms with E-state index in [1.54, 1.807) is 0 Å². The molecule has 0 atom stereocenters. The fourth-order valence-corrected chi connectivity index (χ4v) is 1.03. The molecule has 1 aromatic heterocycles. The Morgan fingerprint density at radius 2 is 2.43 bits per heavy atom. The number of carbonyl (C=O) groups excluding carboxylic acids is 1. The Bertz CT molecular complexity index is 259. The minimum Gasteiger partial charge on any atom is -0.356 e. The number of carbonyl (C=O) groups is 1. The first-order valence-electron chi connectivity index (χ1n) is 4.82. The molecule has 6 heteroatoms. The number of nitrogens with zero attached hydrogens (tertiary/aromatic N) is 3. The Kier molecular flexibility index (Phi) is 4.60. The van der Waals surface area contributed by atoms with Crippen molar-refractivity contribution in [1.29, 1.82) is 0 Å². The van der Waals surface area contributed by atoms with Gasteiger partial charge in [0.1, 0.15) is 0 Å². The highest BCUT2D eigenvalue weighted by Crippen LogP contribution is 1.93. The number of H-pyrrole nitrogens is 1. The molecule has 0 saturated heterocycles. The van der Waals surface area contributed by atoms with Gasteiger partial charge in [0, 0.05) is 19.4 Å². The molecule has 1 heterocycles. The molecule has 0 aliphatic carbocycles. The molecule has 0 aliphatic heterocycles. The highest BCUT2D eigenvalue weighted by atomic mass is 16.1. The number of amides is 1. The van der Waals surface area contributed by atoms with Crippen LogP contribution in [-0.4, -0.2) is 33.1 Å². The lowest BCUT2D eigenvalue weighted by atomic mass is 10.2. The van der Waals surface area contributed by atoms with Gasteiger partial charge in [-0.15, -0.1) is 10.2 Å². The van der Waals surface area contributed by atoms with Crippen LogP contribution in [0.25, 0.3) is 0 Å². The van der Waals surface area contributed by atoms with E-state index in [-0.39, 0.29) is 5.91 Å². The lowest BCUT2D eigenvalue weighted by Gasteiger charge is -2.01. The van der Waals surface area contributed by atoms with Crippen LogP contribution >= 0.6 is 0 Å².